The summed E-state index contributed by atoms with van der Waals surface area (Å²) in [5, 5.41) is 0. The van der Waals surface area contributed by atoms with Gasteiger partial charge in [0.05, 0.1) is 12.8 Å². The van der Waals surface area contributed by atoms with Gasteiger partial charge in [-0.2, -0.15) is 0 Å². The zero-order valence-electron chi connectivity index (χ0n) is 15.2. The van der Waals surface area contributed by atoms with Crippen LogP contribution in [0.2, 0.25) is 0 Å². The number of carbonyl (C=O) groups is 2. The first-order chi connectivity index (χ1) is 12.0. The van der Waals surface area contributed by atoms with Crippen molar-refractivity contribution < 1.29 is 9.59 Å². The van der Waals surface area contributed by atoms with Crippen molar-refractivity contribution in [1.29, 1.82) is 0 Å². The summed E-state index contributed by atoms with van der Waals surface area (Å²) in [4.78, 5) is 31.7. The van der Waals surface area contributed by atoms with E-state index in [9.17, 15) is 9.59 Å². The Morgan fingerprint density at radius 3 is 2.12 bits per heavy atom. The fourth-order valence-electron chi connectivity index (χ4n) is 3.34. The number of amides is 2. The molecule has 134 valence electrons. The van der Waals surface area contributed by atoms with Crippen LogP contribution < -0.4 is 0 Å². The van der Waals surface area contributed by atoms with Gasteiger partial charge in [0.25, 0.3) is 0 Å². The molecule has 1 fully saturated rings. The van der Waals surface area contributed by atoms with Gasteiger partial charge in [-0.15, -0.1) is 0 Å². The van der Waals surface area contributed by atoms with Crippen molar-refractivity contribution in [1.82, 2.24) is 19.4 Å². The van der Waals surface area contributed by atoms with Crippen molar-refractivity contribution in [3.05, 3.63) is 47.0 Å². The molecule has 6 heteroatoms. The van der Waals surface area contributed by atoms with Crippen molar-refractivity contribution in [2.24, 2.45) is 7.05 Å². The molecule has 1 N–H and O–H groups in total. The molecule has 0 atom stereocenters. The predicted molar refractivity (Wildman–Crippen MR) is 96.2 cm³/mol. The van der Waals surface area contributed by atoms with Gasteiger partial charge >= 0.3 is 0 Å². The standard InChI is InChI=1S/C19H26N4O2/c1-14-11-16(15(2)21(14)3)12-18(24)22-7-9-23(10-8-22)19(25)13-17-5-4-6-20-17/h4-6,11,20H,7-10,12-13H2,1-3H3. The maximum atomic E-state index is 12.6. The molecule has 0 radical (unpaired) electrons. The number of H-pyrrole nitrogens is 1. The topological polar surface area (TPSA) is 61.3 Å². The van der Waals surface area contributed by atoms with Gasteiger partial charge in [0, 0.05) is 56.5 Å². The van der Waals surface area contributed by atoms with E-state index >= 15 is 0 Å². The van der Waals surface area contributed by atoms with Crippen LogP contribution >= 0.6 is 0 Å². The highest BCUT2D eigenvalue weighted by atomic mass is 16.2. The van der Waals surface area contributed by atoms with Gasteiger partial charge in [-0.25, -0.2) is 0 Å². The number of nitrogens with zero attached hydrogens (tertiary/aromatic N) is 3. The minimum atomic E-state index is 0.115. The lowest BCUT2D eigenvalue weighted by Crippen LogP contribution is -2.51. The first kappa shape index (κ1) is 17.3. The van der Waals surface area contributed by atoms with Crippen LogP contribution in [-0.4, -0.2) is 57.3 Å². The monoisotopic (exact) mass is 342 g/mol. The van der Waals surface area contributed by atoms with Gasteiger partial charge in [0.2, 0.25) is 11.8 Å². The highest BCUT2D eigenvalue weighted by molar-refractivity contribution is 5.81. The lowest BCUT2D eigenvalue weighted by atomic mass is 10.1. The molecule has 25 heavy (non-hydrogen) atoms. The summed E-state index contributed by atoms with van der Waals surface area (Å²) in [6.45, 7) is 6.54. The largest absolute Gasteiger partial charge is 0.365 e. The van der Waals surface area contributed by atoms with Crippen molar-refractivity contribution >= 4 is 11.8 Å². The molecule has 0 unspecified atom stereocenters. The highest BCUT2D eigenvalue weighted by Gasteiger charge is 2.25. The summed E-state index contributed by atoms with van der Waals surface area (Å²) in [6.07, 6.45) is 2.65. The van der Waals surface area contributed by atoms with E-state index in [0.717, 1.165) is 17.0 Å². The van der Waals surface area contributed by atoms with E-state index in [1.54, 1.807) is 0 Å². The summed E-state index contributed by atoms with van der Waals surface area (Å²) < 4.78 is 2.11. The minimum absolute atomic E-state index is 0.115. The van der Waals surface area contributed by atoms with Crippen molar-refractivity contribution in [2.75, 3.05) is 26.2 Å². The van der Waals surface area contributed by atoms with E-state index < -0.39 is 0 Å². The molecule has 0 bridgehead atoms. The molecule has 0 aromatic carbocycles. The van der Waals surface area contributed by atoms with E-state index in [-0.39, 0.29) is 11.8 Å². The van der Waals surface area contributed by atoms with Gasteiger partial charge in [-0.1, -0.05) is 0 Å². The Kier molecular flexibility index (Phi) is 4.97. The SMILES string of the molecule is Cc1cc(CC(=O)N2CCN(C(=O)Cc3ccc[nH]3)CC2)c(C)n1C. The Bertz CT molecular complexity index is 753. The van der Waals surface area contributed by atoms with Gasteiger partial charge in [-0.05, 0) is 37.6 Å². The summed E-state index contributed by atoms with van der Waals surface area (Å²) in [5.74, 6) is 0.259. The van der Waals surface area contributed by atoms with E-state index in [1.807, 2.05) is 42.1 Å². The molecule has 2 aromatic heterocycles. The molecule has 2 amide bonds. The highest BCUT2D eigenvalue weighted by Crippen LogP contribution is 2.15. The molecule has 2 aromatic rings. The normalized spacial score (nSPS) is 14.8. The molecule has 0 saturated carbocycles. The van der Waals surface area contributed by atoms with Crippen LogP contribution in [0, 0.1) is 13.8 Å². The molecular formula is C19H26N4O2. The number of aromatic nitrogens is 2. The number of rotatable bonds is 4. The number of hydrogen-bond acceptors (Lipinski definition) is 2. The molecule has 0 aliphatic carbocycles. The van der Waals surface area contributed by atoms with Gasteiger partial charge < -0.3 is 19.4 Å². The summed E-state index contributed by atoms with van der Waals surface area (Å²) in [5.41, 5.74) is 4.33. The minimum Gasteiger partial charge on any atom is -0.365 e. The molecule has 1 aliphatic rings. The van der Waals surface area contributed by atoms with Gasteiger partial charge in [-0.3, -0.25) is 9.59 Å². The quantitative estimate of drug-likeness (QED) is 0.914. The Hall–Kier alpha value is -2.50. The van der Waals surface area contributed by atoms with E-state index in [2.05, 4.69) is 22.5 Å². The van der Waals surface area contributed by atoms with Crippen molar-refractivity contribution in [3.8, 4) is 0 Å². The molecule has 3 rings (SSSR count). The van der Waals surface area contributed by atoms with E-state index in [1.165, 1.54) is 5.69 Å². The number of hydrogen-bond donors (Lipinski definition) is 1. The number of carbonyl (C=O) groups excluding carboxylic acids is 2. The zero-order valence-corrected chi connectivity index (χ0v) is 15.2. The third-order valence-electron chi connectivity index (χ3n) is 5.21. The second-order valence-electron chi connectivity index (χ2n) is 6.77. The Balaban J connectivity index is 1.52. The molecule has 1 aliphatic heterocycles. The van der Waals surface area contributed by atoms with Gasteiger partial charge in [0.1, 0.15) is 0 Å². The maximum Gasteiger partial charge on any atom is 0.228 e. The number of nitrogens with one attached hydrogen (secondary N) is 1. The van der Waals surface area contributed by atoms with Crippen LogP contribution in [0.5, 0.6) is 0 Å². The number of aryl methyl sites for hydroxylation is 1. The molecule has 3 heterocycles. The van der Waals surface area contributed by atoms with Crippen LogP contribution in [0.1, 0.15) is 22.6 Å². The van der Waals surface area contributed by atoms with Crippen molar-refractivity contribution in [3.63, 3.8) is 0 Å². The average Bonchev–Trinajstić information content (AvgIpc) is 3.20. The van der Waals surface area contributed by atoms with Crippen molar-refractivity contribution in [2.45, 2.75) is 26.7 Å². The Morgan fingerprint density at radius 1 is 1.04 bits per heavy atom. The third kappa shape index (κ3) is 3.78. The average molecular weight is 342 g/mol. The zero-order chi connectivity index (χ0) is 18.0. The van der Waals surface area contributed by atoms with Crippen LogP contribution in [-0.2, 0) is 29.5 Å². The van der Waals surface area contributed by atoms with Crippen LogP contribution in [0.4, 0.5) is 0 Å². The number of piperazine rings is 1. The summed E-state index contributed by atoms with van der Waals surface area (Å²) in [7, 11) is 2.02. The van der Waals surface area contributed by atoms with E-state index in [0.29, 0.717) is 39.0 Å². The summed E-state index contributed by atoms with van der Waals surface area (Å²) in [6, 6.07) is 5.90. The molecular weight excluding hydrogens is 316 g/mol. The summed E-state index contributed by atoms with van der Waals surface area (Å²) >= 11 is 0. The Morgan fingerprint density at radius 2 is 1.64 bits per heavy atom. The second-order valence-corrected chi connectivity index (χ2v) is 6.77. The number of aromatic amines is 1. The lowest BCUT2D eigenvalue weighted by molar-refractivity contribution is -0.138. The fraction of sp³-hybridized carbons (Fsp3) is 0.474. The molecule has 1 saturated heterocycles. The Labute approximate surface area is 148 Å². The maximum absolute atomic E-state index is 12.6. The first-order valence-electron chi connectivity index (χ1n) is 8.75. The fourth-order valence-corrected chi connectivity index (χ4v) is 3.34. The van der Waals surface area contributed by atoms with Gasteiger partial charge in [0.15, 0.2) is 0 Å². The van der Waals surface area contributed by atoms with E-state index in [4.69, 9.17) is 0 Å². The smallest absolute Gasteiger partial charge is 0.228 e. The van der Waals surface area contributed by atoms with Crippen LogP contribution in [0.15, 0.2) is 24.4 Å². The lowest BCUT2D eigenvalue weighted by Gasteiger charge is -2.35. The second kappa shape index (κ2) is 7.17. The molecule has 6 nitrogen and oxygen atoms in total. The predicted octanol–water partition coefficient (Wildman–Crippen LogP) is 1.43. The first-order valence-corrected chi connectivity index (χ1v) is 8.75. The third-order valence-corrected chi connectivity index (χ3v) is 5.21. The molecule has 0 spiro atoms. The van der Waals surface area contributed by atoms with Crippen LogP contribution in [0.25, 0.3) is 0 Å². The van der Waals surface area contributed by atoms with Crippen LogP contribution in [0.3, 0.4) is 0 Å².